The van der Waals surface area contributed by atoms with E-state index in [1.807, 2.05) is 29.2 Å². The monoisotopic (exact) mass is 248 g/mol. The zero-order valence-corrected chi connectivity index (χ0v) is 10.8. The molecule has 2 N–H and O–H groups in total. The number of hydrogen-bond acceptors (Lipinski definition) is 3. The number of anilines is 1. The number of amides is 1. The van der Waals surface area contributed by atoms with E-state index < -0.39 is 0 Å². The van der Waals surface area contributed by atoms with Crippen LogP contribution in [-0.4, -0.2) is 36.6 Å². The van der Waals surface area contributed by atoms with Crippen molar-refractivity contribution in [2.45, 2.75) is 25.9 Å². The molecular weight excluding hydrogens is 228 g/mol. The van der Waals surface area contributed by atoms with Gasteiger partial charge in [-0.2, -0.15) is 0 Å². The number of para-hydroxylation sites is 1. The molecule has 98 valence electrons. The summed E-state index contributed by atoms with van der Waals surface area (Å²) in [5.74, 6) is 0.134. The van der Waals surface area contributed by atoms with Crippen LogP contribution in [0.2, 0.25) is 0 Å². The van der Waals surface area contributed by atoms with Crippen molar-refractivity contribution in [2.24, 2.45) is 0 Å². The highest BCUT2D eigenvalue weighted by Crippen LogP contribution is 2.14. The third-order valence-corrected chi connectivity index (χ3v) is 3.34. The van der Waals surface area contributed by atoms with Gasteiger partial charge in [-0.25, -0.2) is 0 Å². The molecule has 1 heterocycles. The van der Waals surface area contributed by atoms with Crippen LogP contribution in [0, 0.1) is 0 Å². The van der Waals surface area contributed by atoms with E-state index in [9.17, 15) is 4.79 Å². The summed E-state index contributed by atoms with van der Waals surface area (Å²) in [7, 11) is 0. The van der Waals surface area contributed by atoms with Gasteiger partial charge in [-0.3, -0.25) is 4.79 Å². The predicted octanol–water partition coefficient (Wildman–Crippen LogP) is 1.45. The Labute approximate surface area is 108 Å². The van der Waals surface area contributed by atoms with E-state index in [2.05, 4.69) is 6.92 Å². The van der Waals surface area contributed by atoms with E-state index >= 15 is 0 Å². The van der Waals surface area contributed by atoms with Crippen LogP contribution in [0.1, 0.15) is 18.9 Å². The van der Waals surface area contributed by atoms with Crippen LogP contribution in [-0.2, 0) is 16.0 Å². The van der Waals surface area contributed by atoms with Gasteiger partial charge in [-0.1, -0.05) is 25.1 Å². The van der Waals surface area contributed by atoms with Crippen molar-refractivity contribution < 1.29 is 9.53 Å². The van der Waals surface area contributed by atoms with Crippen LogP contribution in [0.25, 0.3) is 0 Å². The highest BCUT2D eigenvalue weighted by Gasteiger charge is 2.23. The first kappa shape index (κ1) is 12.9. The third-order valence-electron chi connectivity index (χ3n) is 3.34. The molecule has 0 radical (unpaired) electrons. The molecule has 0 bridgehead atoms. The second kappa shape index (κ2) is 5.87. The summed E-state index contributed by atoms with van der Waals surface area (Å²) in [6.45, 7) is 4.09. The minimum Gasteiger partial charge on any atom is -0.398 e. The van der Waals surface area contributed by atoms with E-state index in [0.29, 0.717) is 31.8 Å². The van der Waals surface area contributed by atoms with Gasteiger partial charge in [-0.05, 0) is 18.1 Å². The molecule has 1 atom stereocenters. The van der Waals surface area contributed by atoms with Crippen molar-refractivity contribution in [1.29, 1.82) is 0 Å². The van der Waals surface area contributed by atoms with Crippen molar-refractivity contribution in [3.63, 3.8) is 0 Å². The van der Waals surface area contributed by atoms with Crippen molar-refractivity contribution >= 4 is 11.6 Å². The standard InChI is InChI=1S/C14H20N2O2/c1-2-12-10-16(7-8-18-12)14(17)9-11-5-3-4-6-13(11)15/h3-6,12H,2,7-10,15H2,1H3. The first-order valence-corrected chi connectivity index (χ1v) is 6.43. The molecule has 1 aromatic carbocycles. The smallest absolute Gasteiger partial charge is 0.227 e. The number of carbonyl (C=O) groups excluding carboxylic acids is 1. The zero-order valence-electron chi connectivity index (χ0n) is 10.8. The minimum atomic E-state index is 0.134. The topological polar surface area (TPSA) is 55.6 Å². The van der Waals surface area contributed by atoms with Crippen LogP contribution in [0.3, 0.4) is 0 Å². The number of carbonyl (C=O) groups is 1. The molecule has 4 heteroatoms. The molecule has 1 aromatic rings. The normalized spacial score (nSPS) is 19.8. The molecule has 1 fully saturated rings. The number of ether oxygens (including phenoxy) is 1. The van der Waals surface area contributed by atoms with Crippen LogP contribution in [0.5, 0.6) is 0 Å². The molecule has 1 aliphatic rings. The summed E-state index contributed by atoms with van der Waals surface area (Å²) in [6.07, 6.45) is 1.50. The highest BCUT2D eigenvalue weighted by atomic mass is 16.5. The van der Waals surface area contributed by atoms with E-state index in [1.165, 1.54) is 0 Å². The van der Waals surface area contributed by atoms with Crippen molar-refractivity contribution in [1.82, 2.24) is 4.90 Å². The summed E-state index contributed by atoms with van der Waals surface area (Å²) in [5, 5.41) is 0. The van der Waals surface area contributed by atoms with Crippen LogP contribution in [0.4, 0.5) is 5.69 Å². The quantitative estimate of drug-likeness (QED) is 0.824. The molecule has 1 unspecified atom stereocenters. The maximum Gasteiger partial charge on any atom is 0.227 e. The fraction of sp³-hybridized carbons (Fsp3) is 0.500. The molecule has 4 nitrogen and oxygen atoms in total. The van der Waals surface area contributed by atoms with E-state index in [1.54, 1.807) is 0 Å². The second-order valence-electron chi connectivity index (χ2n) is 4.62. The summed E-state index contributed by atoms with van der Waals surface area (Å²) < 4.78 is 5.56. The fourth-order valence-electron chi connectivity index (χ4n) is 2.16. The summed E-state index contributed by atoms with van der Waals surface area (Å²) in [4.78, 5) is 14.1. The van der Waals surface area contributed by atoms with Gasteiger partial charge in [0.25, 0.3) is 0 Å². The Morgan fingerprint density at radius 1 is 1.50 bits per heavy atom. The number of benzene rings is 1. The van der Waals surface area contributed by atoms with Gasteiger partial charge in [0, 0.05) is 18.8 Å². The lowest BCUT2D eigenvalue weighted by Gasteiger charge is -2.32. The number of nitrogen functional groups attached to an aromatic ring is 1. The Bertz CT molecular complexity index is 420. The molecule has 0 aliphatic carbocycles. The van der Waals surface area contributed by atoms with Gasteiger partial charge in [0.1, 0.15) is 0 Å². The molecule has 0 aromatic heterocycles. The second-order valence-corrected chi connectivity index (χ2v) is 4.62. The molecule has 1 amide bonds. The van der Waals surface area contributed by atoms with E-state index in [-0.39, 0.29) is 12.0 Å². The van der Waals surface area contributed by atoms with Gasteiger partial charge in [-0.15, -0.1) is 0 Å². The largest absolute Gasteiger partial charge is 0.398 e. The number of hydrogen-bond donors (Lipinski definition) is 1. The Kier molecular flexibility index (Phi) is 4.20. The highest BCUT2D eigenvalue weighted by molar-refractivity contribution is 5.80. The SMILES string of the molecule is CCC1CN(C(=O)Cc2ccccc2N)CCO1. The lowest BCUT2D eigenvalue weighted by molar-refractivity contribution is -0.138. The molecule has 2 rings (SSSR count). The number of morpholine rings is 1. The number of nitrogens with two attached hydrogens (primary N) is 1. The lowest BCUT2D eigenvalue weighted by Crippen LogP contribution is -2.46. The average molecular weight is 248 g/mol. The maximum absolute atomic E-state index is 12.2. The first-order chi connectivity index (χ1) is 8.70. The number of rotatable bonds is 3. The summed E-state index contributed by atoms with van der Waals surface area (Å²) in [6, 6.07) is 7.53. The Morgan fingerprint density at radius 3 is 3.00 bits per heavy atom. The van der Waals surface area contributed by atoms with Gasteiger partial charge in [0.05, 0.1) is 19.1 Å². The van der Waals surface area contributed by atoms with Crippen molar-refractivity contribution in [3.05, 3.63) is 29.8 Å². The van der Waals surface area contributed by atoms with Crippen LogP contribution in [0.15, 0.2) is 24.3 Å². The Balaban J connectivity index is 1.97. The van der Waals surface area contributed by atoms with Gasteiger partial charge >= 0.3 is 0 Å². The van der Waals surface area contributed by atoms with Gasteiger partial charge in [0.2, 0.25) is 5.91 Å². The zero-order chi connectivity index (χ0) is 13.0. The van der Waals surface area contributed by atoms with E-state index in [0.717, 1.165) is 12.0 Å². The first-order valence-electron chi connectivity index (χ1n) is 6.43. The van der Waals surface area contributed by atoms with Gasteiger partial charge < -0.3 is 15.4 Å². The molecule has 0 spiro atoms. The van der Waals surface area contributed by atoms with Crippen LogP contribution >= 0.6 is 0 Å². The molecule has 1 saturated heterocycles. The number of nitrogens with zero attached hydrogens (tertiary/aromatic N) is 1. The molecule has 18 heavy (non-hydrogen) atoms. The maximum atomic E-state index is 12.2. The van der Waals surface area contributed by atoms with Crippen molar-refractivity contribution in [2.75, 3.05) is 25.4 Å². The summed E-state index contributed by atoms with van der Waals surface area (Å²) in [5.41, 5.74) is 7.45. The predicted molar refractivity (Wildman–Crippen MR) is 71.2 cm³/mol. The Morgan fingerprint density at radius 2 is 2.28 bits per heavy atom. The molecular formula is C14H20N2O2. The van der Waals surface area contributed by atoms with Gasteiger partial charge in [0.15, 0.2) is 0 Å². The Hall–Kier alpha value is -1.55. The lowest BCUT2D eigenvalue weighted by atomic mass is 10.1. The average Bonchev–Trinajstić information content (AvgIpc) is 2.41. The molecule has 1 aliphatic heterocycles. The third kappa shape index (κ3) is 3.01. The fourth-order valence-corrected chi connectivity index (χ4v) is 2.16. The van der Waals surface area contributed by atoms with Crippen molar-refractivity contribution in [3.8, 4) is 0 Å². The van der Waals surface area contributed by atoms with E-state index in [4.69, 9.17) is 10.5 Å². The summed E-state index contributed by atoms with van der Waals surface area (Å²) >= 11 is 0. The van der Waals surface area contributed by atoms with Crippen LogP contribution < -0.4 is 5.73 Å². The minimum absolute atomic E-state index is 0.134. The molecule has 0 saturated carbocycles.